The number of nitrogens with two attached hydrogens (primary N) is 1. The lowest BCUT2D eigenvalue weighted by Crippen LogP contribution is -2.44. The fourth-order valence-electron chi connectivity index (χ4n) is 4.30. The van der Waals surface area contributed by atoms with Crippen molar-refractivity contribution >= 4 is 17.6 Å². The average Bonchev–Trinajstić information content (AvgIpc) is 3.25. The first-order valence-electron chi connectivity index (χ1n) is 10.6. The van der Waals surface area contributed by atoms with Gasteiger partial charge in [0.15, 0.2) is 6.61 Å². The molecule has 1 fully saturated rings. The molecular weight excluding hydrogens is 417 g/mol. The number of carbonyl (C=O) groups excluding carboxylic acids is 2. The Bertz CT molecular complexity index is 1160. The van der Waals surface area contributed by atoms with Crippen LogP contribution in [0.4, 0.5) is 10.2 Å². The molecule has 1 aliphatic rings. The highest BCUT2D eigenvalue weighted by atomic mass is 19.1. The third-order valence-corrected chi connectivity index (χ3v) is 5.97. The number of carbonyl (C=O) groups is 2. The Morgan fingerprint density at radius 1 is 1.22 bits per heavy atom. The molecule has 0 saturated heterocycles. The van der Waals surface area contributed by atoms with E-state index in [1.165, 1.54) is 29.8 Å². The average molecular weight is 445 g/mol. The van der Waals surface area contributed by atoms with Gasteiger partial charge in [-0.3, -0.25) is 23.5 Å². The van der Waals surface area contributed by atoms with Crippen LogP contribution in [-0.4, -0.2) is 27.5 Å². The van der Waals surface area contributed by atoms with Crippen LogP contribution in [0.1, 0.15) is 55.5 Å². The van der Waals surface area contributed by atoms with Gasteiger partial charge in [0.25, 0.3) is 5.56 Å². The smallest absolute Gasteiger partial charge is 0.332 e. The zero-order chi connectivity index (χ0) is 23.6. The van der Waals surface area contributed by atoms with E-state index >= 15 is 0 Å². The number of ether oxygens (including phenoxy) is 1. The van der Waals surface area contributed by atoms with Crippen molar-refractivity contribution in [2.24, 2.45) is 13.0 Å². The minimum atomic E-state index is -1.03. The molecule has 1 heterocycles. The number of anilines is 1. The van der Waals surface area contributed by atoms with Gasteiger partial charge in [-0.1, -0.05) is 38.8 Å². The molecule has 2 aromatic rings. The van der Waals surface area contributed by atoms with Crippen LogP contribution in [0, 0.1) is 11.7 Å². The molecule has 0 bridgehead atoms. The number of benzene rings is 1. The molecule has 0 aliphatic heterocycles. The first-order valence-corrected chi connectivity index (χ1v) is 10.6. The monoisotopic (exact) mass is 445 g/mol. The minimum absolute atomic E-state index is 0.0433. The predicted molar refractivity (Wildman–Crippen MR) is 117 cm³/mol. The molecule has 1 saturated carbocycles. The molecule has 3 rings (SSSR count). The van der Waals surface area contributed by atoms with Gasteiger partial charge in [-0.2, -0.15) is 0 Å². The van der Waals surface area contributed by atoms with Crippen LogP contribution < -0.4 is 17.0 Å². The maximum atomic E-state index is 13.8. The molecule has 0 spiro atoms. The van der Waals surface area contributed by atoms with E-state index in [-0.39, 0.29) is 23.8 Å². The molecule has 172 valence electrons. The fourth-order valence-corrected chi connectivity index (χ4v) is 4.30. The molecule has 0 atom stereocenters. The molecule has 1 aromatic heterocycles. The van der Waals surface area contributed by atoms with Gasteiger partial charge in [-0.25, -0.2) is 9.18 Å². The number of aromatic nitrogens is 2. The van der Waals surface area contributed by atoms with E-state index in [4.69, 9.17) is 10.5 Å². The summed E-state index contributed by atoms with van der Waals surface area (Å²) in [7, 11) is 1.27. The number of ketones is 1. The molecule has 1 aliphatic carbocycles. The lowest BCUT2D eigenvalue weighted by molar-refractivity contribution is -0.149. The van der Waals surface area contributed by atoms with E-state index in [1.807, 2.05) is 13.8 Å². The largest absolute Gasteiger partial charge is 0.457 e. The molecular formula is C23H28FN3O5. The van der Waals surface area contributed by atoms with E-state index in [0.29, 0.717) is 18.4 Å². The molecule has 2 N–H and O–H groups in total. The Morgan fingerprint density at radius 3 is 2.47 bits per heavy atom. The predicted octanol–water partition coefficient (Wildman–Crippen LogP) is 2.16. The number of hydrogen-bond acceptors (Lipinski definition) is 6. The highest BCUT2D eigenvalue weighted by molar-refractivity contribution is 6.01. The van der Waals surface area contributed by atoms with Crippen LogP contribution in [0.3, 0.4) is 0 Å². The highest BCUT2D eigenvalue weighted by Gasteiger charge is 2.44. The van der Waals surface area contributed by atoms with Gasteiger partial charge in [0.2, 0.25) is 5.78 Å². The number of Topliss-reactive ketones (excluding diaryl/α,β-unsaturated/α-hetero) is 1. The summed E-state index contributed by atoms with van der Waals surface area (Å²) in [6.07, 6.45) is 2.50. The van der Waals surface area contributed by atoms with Crippen molar-refractivity contribution in [3.63, 3.8) is 0 Å². The first kappa shape index (κ1) is 23.4. The number of nitrogen functional groups attached to an aromatic ring is 1. The van der Waals surface area contributed by atoms with Crippen molar-refractivity contribution in [1.82, 2.24) is 9.13 Å². The van der Waals surface area contributed by atoms with Crippen LogP contribution in [-0.2, 0) is 28.5 Å². The molecule has 1 aromatic carbocycles. The summed E-state index contributed by atoms with van der Waals surface area (Å²) < 4.78 is 21.1. The SMILES string of the molecule is CC(C)Cn1c(N)c(C(=O)COC(=O)C2(c3cccc(F)c3)CCCC2)c(=O)n(C)c1=O. The Kier molecular flexibility index (Phi) is 6.66. The van der Waals surface area contributed by atoms with Gasteiger partial charge in [-0.15, -0.1) is 0 Å². The lowest BCUT2D eigenvalue weighted by atomic mass is 9.79. The van der Waals surface area contributed by atoms with Crippen LogP contribution in [0.15, 0.2) is 33.9 Å². The standard InChI is InChI=1S/C23H28FN3O5/c1-14(2)12-27-19(25)18(20(29)26(3)22(27)31)17(28)13-32-21(30)23(9-4-5-10-23)15-7-6-8-16(24)11-15/h6-8,11,14H,4-5,9-10,12-13,25H2,1-3H3. The molecule has 0 unspecified atom stereocenters. The quantitative estimate of drug-likeness (QED) is 0.516. The van der Waals surface area contributed by atoms with Gasteiger partial charge >= 0.3 is 11.7 Å². The number of nitrogens with zero attached hydrogens (tertiary/aromatic N) is 2. The summed E-state index contributed by atoms with van der Waals surface area (Å²) in [5.74, 6) is -2.09. The zero-order valence-corrected chi connectivity index (χ0v) is 18.5. The van der Waals surface area contributed by atoms with Gasteiger partial charge < -0.3 is 10.5 Å². The summed E-state index contributed by atoms with van der Waals surface area (Å²) in [6, 6.07) is 5.81. The number of esters is 1. The van der Waals surface area contributed by atoms with E-state index in [1.54, 1.807) is 6.07 Å². The maximum Gasteiger partial charge on any atom is 0.332 e. The van der Waals surface area contributed by atoms with Crippen LogP contribution in [0.5, 0.6) is 0 Å². The van der Waals surface area contributed by atoms with Crippen LogP contribution in [0.2, 0.25) is 0 Å². The summed E-state index contributed by atoms with van der Waals surface area (Å²) >= 11 is 0. The summed E-state index contributed by atoms with van der Waals surface area (Å²) in [5, 5.41) is 0. The van der Waals surface area contributed by atoms with Crippen molar-refractivity contribution in [2.75, 3.05) is 12.3 Å². The summed E-state index contributed by atoms with van der Waals surface area (Å²) in [4.78, 5) is 50.9. The van der Waals surface area contributed by atoms with Crippen molar-refractivity contribution in [1.29, 1.82) is 0 Å². The van der Waals surface area contributed by atoms with E-state index in [2.05, 4.69) is 0 Å². The topological polar surface area (TPSA) is 113 Å². The molecule has 0 radical (unpaired) electrons. The highest BCUT2D eigenvalue weighted by Crippen LogP contribution is 2.42. The van der Waals surface area contributed by atoms with Crippen molar-refractivity contribution in [3.05, 3.63) is 62.0 Å². The molecule has 8 nitrogen and oxygen atoms in total. The van der Waals surface area contributed by atoms with Crippen LogP contribution >= 0.6 is 0 Å². The first-order chi connectivity index (χ1) is 15.1. The van der Waals surface area contributed by atoms with Crippen molar-refractivity contribution in [3.8, 4) is 0 Å². The number of rotatable bonds is 7. The van der Waals surface area contributed by atoms with Crippen molar-refractivity contribution < 1.29 is 18.7 Å². The summed E-state index contributed by atoms with van der Waals surface area (Å²) in [5.41, 5.74) is 3.65. The Morgan fingerprint density at radius 2 is 1.88 bits per heavy atom. The second kappa shape index (κ2) is 9.10. The van der Waals surface area contributed by atoms with Gasteiger partial charge in [0.05, 0.1) is 5.41 Å². The third kappa shape index (κ3) is 4.24. The zero-order valence-electron chi connectivity index (χ0n) is 18.5. The fraction of sp³-hybridized carbons (Fsp3) is 0.478. The second-order valence-corrected chi connectivity index (χ2v) is 8.71. The van der Waals surface area contributed by atoms with Crippen molar-refractivity contribution in [2.45, 2.75) is 51.5 Å². The lowest BCUT2D eigenvalue weighted by Gasteiger charge is -2.27. The van der Waals surface area contributed by atoms with E-state index in [0.717, 1.165) is 17.4 Å². The van der Waals surface area contributed by atoms with Gasteiger partial charge in [0, 0.05) is 13.6 Å². The minimum Gasteiger partial charge on any atom is -0.457 e. The van der Waals surface area contributed by atoms with Gasteiger partial charge in [0.1, 0.15) is 17.2 Å². The molecule has 32 heavy (non-hydrogen) atoms. The van der Waals surface area contributed by atoms with E-state index < -0.39 is 40.8 Å². The van der Waals surface area contributed by atoms with E-state index in [9.17, 15) is 23.6 Å². The second-order valence-electron chi connectivity index (χ2n) is 8.71. The summed E-state index contributed by atoms with van der Waals surface area (Å²) in [6.45, 7) is 3.26. The van der Waals surface area contributed by atoms with Crippen LogP contribution in [0.25, 0.3) is 0 Å². The molecule has 9 heteroatoms. The number of halogens is 1. The maximum absolute atomic E-state index is 13.8. The Labute approximate surface area is 184 Å². The normalized spacial score (nSPS) is 15.2. The Balaban J connectivity index is 1.88. The van der Waals surface area contributed by atoms with Gasteiger partial charge in [-0.05, 0) is 36.5 Å². The number of hydrogen-bond donors (Lipinski definition) is 1. The Hall–Kier alpha value is -3.23. The molecule has 0 amide bonds. The third-order valence-electron chi connectivity index (χ3n) is 5.97.